The number of nitrogens with one attached hydrogen (secondary N) is 2. The SMILES string of the molecule is CCC(C)(C)c1ccc(OCCCNC(=O)c2cc(NS(=O)(=O)CCCOc3ccc(N)cc3)c3ccccc3c2O)c(C(C)(C)CC)c1. The van der Waals surface area contributed by atoms with E-state index in [1.807, 2.05) is 0 Å². The van der Waals surface area contributed by atoms with Gasteiger partial charge in [-0.1, -0.05) is 77.9 Å². The van der Waals surface area contributed by atoms with Gasteiger partial charge >= 0.3 is 0 Å². The molecule has 5 N–H and O–H groups in total. The number of hydrogen-bond acceptors (Lipinski definition) is 7. The molecule has 9 nitrogen and oxygen atoms in total. The molecule has 0 radical (unpaired) electrons. The molecule has 0 aliphatic rings. The Bertz CT molecular complexity index is 1850. The van der Waals surface area contributed by atoms with Crippen molar-refractivity contribution in [3.05, 3.63) is 89.5 Å². The van der Waals surface area contributed by atoms with Crippen LogP contribution in [0.15, 0.2) is 72.8 Å². The number of anilines is 2. The molecule has 0 aromatic heterocycles. The lowest BCUT2D eigenvalue weighted by atomic mass is 9.76. The number of sulfonamides is 1. The van der Waals surface area contributed by atoms with Crippen LogP contribution in [-0.2, 0) is 20.9 Å². The van der Waals surface area contributed by atoms with Crippen LogP contribution in [0.5, 0.6) is 17.2 Å². The smallest absolute Gasteiger partial charge is 0.255 e. The van der Waals surface area contributed by atoms with E-state index in [0.29, 0.717) is 41.8 Å². The van der Waals surface area contributed by atoms with Gasteiger partial charge in [0.05, 0.1) is 30.2 Å². The number of carbonyl (C=O) groups is 1. The summed E-state index contributed by atoms with van der Waals surface area (Å²) in [4.78, 5) is 13.3. The number of amides is 1. The van der Waals surface area contributed by atoms with E-state index in [1.54, 1.807) is 48.5 Å². The molecule has 0 saturated heterocycles. The molecule has 0 aliphatic carbocycles. The van der Waals surface area contributed by atoms with Crippen LogP contribution in [0.25, 0.3) is 10.8 Å². The van der Waals surface area contributed by atoms with Crippen LogP contribution < -0.4 is 25.2 Å². The van der Waals surface area contributed by atoms with Crippen molar-refractivity contribution in [3.8, 4) is 17.2 Å². The number of aromatic hydroxyl groups is 1. The minimum atomic E-state index is -3.80. The number of rotatable bonds is 17. The molecule has 0 spiro atoms. The maximum Gasteiger partial charge on any atom is 0.255 e. The molecule has 4 aromatic carbocycles. The number of ether oxygens (including phenoxy) is 2. The summed E-state index contributed by atoms with van der Waals surface area (Å²) < 4.78 is 40.6. The Morgan fingerprint density at radius 1 is 0.837 bits per heavy atom. The number of nitrogens with two attached hydrogens (primary N) is 1. The summed E-state index contributed by atoms with van der Waals surface area (Å²) in [5, 5.41) is 14.7. The van der Waals surface area contributed by atoms with E-state index in [-0.39, 0.29) is 46.6 Å². The summed E-state index contributed by atoms with van der Waals surface area (Å²) >= 11 is 0. The predicted molar refractivity (Wildman–Crippen MR) is 200 cm³/mol. The van der Waals surface area contributed by atoms with Crippen LogP contribution in [0, 0.1) is 0 Å². The second-order valence-electron chi connectivity index (χ2n) is 13.7. The van der Waals surface area contributed by atoms with Crippen molar-refractivity contribution in [2.24, 2.45) is 0 Å². The van der Waals surface area contributed by atoms with Crippen molar-refractivity contribution in [2.75, 3.05) is 36.0 Å². The van der Waals surface area contributed by atoms with Gasteiger partial charge in [-0.2, -0.15) is 0 Å². The minimum Gasteiger partial charge on any atom is -0.506 e. The number of fused-ring (bicyclic) bond motifs is 1. The lowest BCUT2D eigenvalue weighted by Gasteiger charge is -2.30. The van der Waals surface area contributed by atoms with E-state index in [4.69, 9.17) is 15.2 Å². The van der Waals surface area contributed by atoms with Crippen LogP contribution >= 0.6 is 0 Å². The Labute approximate surface area is 291 Å². The molecule has 264 valence electrons. The summed E-state index contributed by atoms with van der Waals surface area (Å²) in [5.74, 6) is 0.510. The van der Waals surface area contributed by atoms with Crippen molar-refractivity contribution in [1.29, 1.82) is 0 Å². The normalized spacial score (nSPS) is 12.1. The number of hydrogen-bond donors (Lipinski definition) is 4. The second-order valence-corrected chi connectivity index (χ2v) is 15.5. The highest BCUT2D eigenvalue weighted by Crippen LogP contribution is 2.39. The first-order chi connectivity index (χ1) is 23.2. The molecule has 0 atom stereocenters. The zero-order valence-corrected chi connectivity index (χ0v) is 30.4. The number of phenols is 1. The van der Waals surface area contributed by atoms with Gasteiger partial charge < -0.3 is 25.6 Å². The van der Waals surface area contributed by atoms with Crippen LogP contribution in [0.3, 0.4) is 0 Å². The predicted octanol–water partition coefficient (Wildman–Crippen LogP) is 7.91. The Balaban J connectivity index is 1.39. The Hall–Kier alpha value is -4.44. The molecule has 0 heterocycles. The Kier molecular flexibility index (Phi) is 12.1. The molecule has 0 saturated carbocycles. The van der Waals surface area contributed by atoms with Crippen molar-refractivity contribution in [3.63, 3.8) is 0 Å². The first-order valence-electron chi connectivity index (χ1n) is 17.0. The monoisotopic (exact) mass is 689 g/mol. The van der Waals surface area contributed by atoms with Gasteiger partial charge in [-0.25, -0.2) is 8.42 Å². The number of nitrogen functional groups attached to an aromatic ring is 1. The maximum absolute atomic E-state index is 13.3. The molecule has 0 unspecified atom stereocenters. The summed E-state index contributed by atoms with van der Waals surface area (Å²) in [6, 6.07) is 21.5. The van der Waals surface area contributed by atoms with Crippen LogP contribution in [-0.4, -0.2) is 44.9 Å². The highest BCUT2D eigenvalue weighted by atomic mass is 32.2. The van der Waals surface area contributed by atoms with Gasteiger partial charge in [0.25, 0.3) is 5.91 Å². The van der Waals surface area contributed by atoms with Gasteiger partial charge in [0.15, 0.2) is 0 Å². The van der Waals surface area contributed by atoms with Crippen molar-refractivity contribution >= 4 is 38.1 Å². The van der Waals surface area contributed by atoms with Gasteiger partial charge in [0.2, 0.25) is 10.0 Å². The lowest BCUT2D eigenvalue weighted by Crippen LogP contribution is -2.26. The van der Waals surface area contributed by atoms with Gasteiger partial charge in [0.1, 0.15) is 17.2 Å². The van der Waals surface area contributed by atoms with Crippen LogP contribution in [0.1, 0.15) is 88.7 Å². The summed E-state index contributed by atoms with van der Waals surface area (Å²) in [7, 11) is -3.80. The fourth-order valence-corrected chi connectivity index (χ4v) is 6.49. The molecule has 4 aromatic rings. The largest absolute Gasteiger partial charge is 0.506 e. The van der Waals surface area contributed by atoms with Crippen molar-refractivity contribution < 1.29 is 27.8 Å². The zero-order chi connectivity index (χ0) is 35.8. The molecule has 0 aliphatic heterocycles. The van der Waals surface area contributed by atoms with Gasteiger partial charge in [0, 0.05) is 28.6 Å². The summed E-state index contributed by atoms with van der Waals surface area (Å²) in [6.07, 6.45) is 2.76. The molecule has 49 heavy (non-hydrogen) atoms. The molecular weight excluding hydrogens is 639 g/mol. The quantitative estimate of drug-likeness (QED) is 0.0502. The Morgan fingerprint density at radius 3 is 2.16 bits per heavy atom. The van der Waals surface area contributed by atoms with Crippen LogP contribution in [0.4, 0.5) is 11.4 Å². The molecule has 1 amide bonds. The average molecular weight is 690 g/mol. The molecular formula is C39H51N3O6S. The molecule has 0 fully saturated rings. The van der Waals surface area contributed by atoms with E-state index in [0.717, 1.165) is 18.6 Å². The second kappa shape index (κ2) is 15.8. The maximum atomic E-state index is 13.3. The van der Waals surface area contributed by atoms with E-state index in [9.17, 15) is 18.3 Å². The standard InChI is InChI=1S/C39H51N3O6S/c1-7-38(3,4)27-15-20-35(33(25-27)39(5,6)8-2)48-22-11-21-41-37(44)32-26-34(30-13-9-10-14-31(30)36(32)43)42-49(45,46)24-12-23-47-29-18-16-28(40)17-19-29/h9-10,13-20,25-26,42-43H,7-8,11-12,21-24,40H2,1-6H3,(H,41,44). The highest BCUT2D eigenvalue weighted by Gasteiger charge is 2.27. The van der Waals surface area contributed by atoms with Gasteiger partial charge in [-0.3, -0.25) is 9.52 Å². The third-order valence-corrected chi connectivity index (χ3v) is 10.7. The summed E-state index contributed by atoms with van der Waals surface area (Å²) in [6.45, 7) is 14.2. The third kappa shape index (κ3) is 9.59. The van der Waals surface area contributed by atoms with E-state index in [1.165, 1.54) is 17.2 Å². The fraction of sp³-hybridized carbons (Fsp3) is 0.410. The number of phenolic OH excluding ortho intramolecular Hbond substituents is 1. The average Bonchev–Trinajstić information content (AvgIpc) is 3.08. The first-order valence-corrected chi connectivity index (χ1v) is 18.6. The van der Waals surface area contributed by atoms with E-state index in [2.05, 4.69) is 69.8 Å². The van der Waals surface area contributed by atoms with Crippen LogP contribution in [0.2, 0.25) is 0 Å². The first kappa shape index (κ1) is 37.4. The van der Waals surface area contributed by atoms with Crippen molar-refractivity contribution in [2.45, 2.75) is 78.1 Å². The van der Waals surface area contributed by atoms with Crippen molar-refractivity contribution in [1.82, 2.24) is 5.32 Å². The minimum absolute atomic E-state index is 0.0230. The van der Waals surface area contributed by atoms with E-state index >= 15 is 0 Å². The van der Waals surface area contributed by atoms with E-state index < -0.39 is 15.9 Å². The van der Waals surface area contributed by atoms with Gasteiger partial charge in [-0.15, -0.1) is 0 Å². The zero-order valence-electron chi connectivity index (χ0n) is 29.6. The fourth-order valence-electron chi connectivity index (χ4n) is 5.39. The molecule has 0 bridgehead atoms. The topological polar surface area (TPSA) is 140 Å². The van der Waals surface area contributed by atoms with Gasteiger partial charge in [-0.05, 0) is 78.5 Å². The molecule has 4 rings (SSSR count). The molecule has 10 heteroatoms. The summed E-state index contributed by atoms with van der Waals surface area (Å²) in [5.41, 5.74) is 8.94. The number of carbonyl (C=O) groups excluding carboxylic acids is 1. The Morgan fingerprint density at radius 2 is 1.49 bits per heavy atom. The highest BCUT2D eigenvalue weighted by molar-refractivity contribution is 7.92. The number of benzene rings is 4. The third-order valence-electron chi connectivity index (χ3n) is 9.35. The lowest BCUT2D eigenvalue weighted by molar-refractivity contribution is 0.0949.